The molecule has 4 nitrogen and oxygen atoms in total. The van der Waals surface area contributed by atoms with Crippen molar-refractivity contribution in [3.63, 3.8) is 0 Å². The smallest absolute Gasteiger partial charge is 0.151 e. The lowest BCUT2D eigenvalue weighted by molar-refractivity contribution is 0.230. The first-order valence-electron chi connectivity index (χ1n) is 7.06. The van der Waals surface area contributed by atoms with E-state index in [1.165, 1.54) is 5.56 Å². The van der Waals surface area contributed by atoms with Gasteiger partial charge in [-0.05, 0) is 18.1 Å². The van der Waals surface area contributed by atoms with Gasteiger partial charge in [-0.3, -0.25) is 4.90 Å². The molecule has 0 bridgehead atoms. The third kappa shape index (κ3) is 3.99. The van der Waals surface area contributed by atoms with E-state index in [4.69, 9.17) is 6.42 Å². The summed E-state index contributed by atoms with van der Waals surface area (Å²) in [5.41, 5.74) is 2.31. The maximum atomic E-state index is 11.7. The van der Waals surface area contributed by atoms with E-state index in [0.717, 1.165) is 5.69 Å². The van der Waals surface area contributed by atoms with Crippen molar-refractivity contribution in [2.45, 2.75) is 19.0 Å². The van der Waals surface area contributed by atoms with Crippen molar-refractivity contribution in [3.8, 4) is 12.3 Å². The molecule has 1 aliphatic heterocycles. The summed E-state index contributed by atoms with van der Waals surface area (Å²) in [7, 11) is 1.11. The second-order valence-corrected chi connectivity index (χ2v) is 7.92. The molecule has 21 heavy (non-hydrogen) atoms. The summed E-state index contributed by atoms with van der Waals surface area (Å²) in [4.78, 5) is 4.17. The van der Waals surface area contributed by atoms with Crippen LogP contribution in [0.2, 0.25) is 0 Å². The molecule has 1 aromatic carbocycles. The van der Waals surface area contributed by atoms with Crippen LogP contribution in [-0.2, 0) is 16.4 Å². The monoisotopic (exact) mass is 306 g/mol. The number of nitrogens with zero attached hydrogens (tertiary/aromatic N) is 2. The van der Waals surface area contributed by atoms with Gasteiger partial charge in [0.15, 0.2) is 9.84 Å². The first-order chi connectivity index (χ1) is 9.93. The summed E-state index contributed by atoms with van der Waals surface area (Å²) in [6.07, 6.45) is 6.14. The molecule has 0 aromatic heterocycles. The van der Waals surface area contributed by atoms with Gasteiger partial charge in [0.2, 0.25) is 0 Å². The van der Waals surface area contributed by atoms with Gasteiger partial charge >= 0.3 is 0 Å². The Labute approximate surface area is 127 Å². The third-order valence-corrected chi connectivity index (χ3v) is 5.62. The molecular formula is C16H22N2O2S. The van der Waals surface area contributed by atoms with E-state index in [2.05, 4.69) is 27.9 Å². The van der Waals surface area contributed by atoms with Crippen molar-refractivity contribution in [3.05, 3.63) is 29.8 Å². The molecule has 1 atom stereocenters. The summed E-state index contributed by atoms with van der Waals surface area (Å²) in [5.74, 6) is 3.15. The molecule has 1 fully saturated rings. The zero-order valence-corrected chi connectivity index (χ0v) is 13.4. The van der Waals surface area contributed by atoms with E-state index < -0.39 is 9.84 Å². The van der Waals surface area contributed by atoms with Crippen LogP contribution in [0.3, 0.4) is 0 Å². The topological polar surface area (TPSA) is 40.6 Å². The highest BCUT2D eigenvalue weighted by Gasteiger charge is 2.32. The SMILES string of the molecule is C#CCN(Cc1ccccc1N(C)C)[C@@H]1CCS(=O)(=O)C1. The maximum Gasteiger partial charge on any atom is 0.151 e. The van der Waals surface area contributed by atoms with Crippen molar-refractivity contribution in [1.29, 1.82) is 0 Å². The second-order valence-electron chi connectivity index (χ2n) is 5.69. The van der Waals surface area contributed by atoms with Gasteiger partial charge in [-0.1, -0.05) is 24.1 Å². The zero-order chi connectivity index (χ0) is 15.5. The Morgan fingerprint density at radius 3 is 2.62 bits per heavy atom. The standard InChI is InChI=1S/C16H22N2O2S/c1-4-10-18(15-9-11-21(19,20)13-15)12-14-7-5-6-8-16(14)17(2)3/h1,5-8,15H,9-13H2,2-3H3/t15-/m1/s1. The summed E-state index contributed by atoms with van der Waals surface area (Å²) >= 11 is 0. The van der Waals surface area contributed by atoms with Gasteiger partial charge in [0.05, 0.1) is 18.1 Å². The number of para-hydroxylation sites is 1. The minimum Gasteiger partial charge on any atom is -0.377 e. The molecule has 0 radical (unpaired) electrons. The second kappa shape index (κ2) is 6.50. The molecule has 0 aliphatic carbocycles. The van der Waals surface area contributed by atoms with Gasteiger partial charge in [-0.2, -0.15) is 0 Å². The normalized spacial score (nSPS) is 20.4. The summed E-state index contributed by atoms with van der Waals surface area (Å²) in [6, 6.07) is 8.17. The van der Waals surface area contributed by atoms with E-state index in [0.29, 0.717) is 19.5 Å². The lowest BCUT2D eigenvalue weighted by Gasteiger charge is -2.28. The van der Waals surface area contributed by atoms with Gasteiger partial charge in [0, 0.05) is 32.4 Å². The highest BCUT2D eigenvalue weighted by molar-refractivity contribution is 7.91. The number of anilines is 1. The van der Waals surface area contributed by atoms with Gasteiger partial charge in [-0.25, -0.2) is 8.42 Å². The zero-order valence-electron chi connectivity index (χ0n) is 12.6. The number of rotatable bonds is 5. The van der Waals surface area contributed by atoms with E-state index >= 15 is 0 Å². The largest absolute Gasteiger partial charge is 0.377 e. The molecule has 114 valence electrons. The number of benzene rings is 1. The van der Waals surface area contributed by atoms with Crippen LogP contribution in [0, 0.1) is 12.3 Å². The fraction of sp³-hybridized carbons (Fsp3) is 0.500. The summed E-state index contributed by atoms with van der Waals surface area (Å²) in [6.45, 7) is 1.15. The van der Waals surface area contributed by atoms with Crippen LogP contribution in [0.25, 0.3) is 0 Å². The molecule has 0 saturated carbocycles. The first-order valence-corrected chi connectivity index (χ1v) is 8.88. The van der Waals surface area contributed by atoms with Gasteiger partial charge < -0.3 is 4.90 Å². The summed E-state index contributed by atoms with van der Waals surface area (Å²) in [5, 5.41) is 0. The minimum absolute atomic E-state index is 0.0290. The van der Waals surface area contributed by atoms with Crippen LogP contribution in [0.4, 0.5) is 5.69 Å². The van der Waals surface area contributed by atoms with Gasteiger partial charge in [0.1, 0.15) is 0 Å². The fourth-order valence-corrected chi connectivity index (χ4v) is 4.56. The maximum absolute atomic E-state index is 11.7. The Kier molecular flexibility index (Phi) is 4.92. The molecule has 1 heterocycles. The number of terminal acetylenes is 1. The number of sulfone groups is 1. The molecule has 5 heteroatoms. The van der Waals surface area contributed by atoms with Crippen molar-refractivity contribution in [2.75, 3.05) is 37.0 Å². The first kappa shape index (κ1) is 15.9. The van der Waals surface area contributed by atoms with Gasteiger partial charge in [-0.15, -0.1) is 6.42 Å². The van der Waals surface area contributed by atoms with Crippen LogP contribution in [0.5, 0.6) is 0 Å². The van der Waals surface area contributed by atoms with Crippen LogP contribution in [0.15, 0.2) is 24.3 Å². The third-order valence-electron chi connectivity index (χ3n) is 3.87. The molecule has 2 rings (SSSR count). The predicted octanol–water partition coefficient (Wildman–Crippen LogP) is 1.37. The van der Waals surface area contributed by atoms with Crippen LogP contribution in [-0.4, -0.2) is 51.5 Å². The van der Waals surface area contributed by atoms with Crippen molar-refractivity contribution in [2.24, 2.45) is 0 Å². The minimum atomic E-state index is -2.90. The Morgan fingerprint density at radius 2 is 2.05 bits per heavy atom. The predicted molar refractivity (Wildman–Crippen MR) is 87.1 cm³/mol. The quantitative estimate of drug-likeness (QED) is 0.771. The van der Waals surface area contributed by atoms with Crippen molar-refractivity contribution in [1.82, 2.24) is 4.90 Å². The molecule has 0 spiro atoms. The van der Waals surface area contributed by atoms with Crippen LogP contribution < -0.4 is 4.90 Å². The number of hydrogen-bond donors (Lipinski definition) is 0. The Hall–Kier alpha value is -1.51. The molecule has 1 aromatic rings. The highest BCUT2D eigenvalue weighted by Crippen LogP contribution is 2.24. The Balaban J connectivity index is 2.20. The molecule has 1 aliphatic rings. The lowest BCUT2D eigenvalue weighted by Crippen LogP contribution is -2.36. The van der Waals surface area contributed by atoms with E-state index in [1.807, 2.05) is 26.2 Å². The summed E-state index contributed by atoms with van der Waals surface area (Å²) < 4.78 is 23.4. The number of hydrogen-bond acceptors (Lipinski definition) is 4. The highest BCUT2D eigenvalue weighted by atomic mass is 32.2. The molecular weight excluding hydrogens is 284 g/mol. The van der Waals surface area contributed by atoms with Crippen molar-refractivity contribution < 1.29 is 8.42 Å². The van der Waals surface area contributed by atoms with E-state index in [-0.39, 0.29) is 17.5 Å². The van der Waals surface area contributed by atoms with Gasteiger partial charge in [0.25, 0.3) is 0 Å². The molecule has 1 saturated heterocycles. The average molecular weight is 306 g/mol. The molecule has 0 amide bonds. The van der Waals surface area contributed by atoms with E-state index in [9.17, 15) is 8.42 Å². The Bertz CT molecular complexity index is 632. The van der Waals surface area contributed by atoms with Crippen LogP contribution in [0.1, 0.15) is 12.0 Å². The molecule has 0 N–H and O–H groups in total. The Morgan fingerprint density at radius 1 is 1.33 bits per heavy atom. The van der Waals surface area contributed by atoms with Crippen LogP contribution >= 0.6 is 0 Å². The van der Waals surface area contributed by atoms with E-state index in [1.54, 1.807) is 0 Å². The fourth-order valence-electron chi connectivity index (χ4n) is 2.79. The average Bonchev–Trinajstić information content (AvgIpc) is 2.79. The lowest BCUT2D eigenvalue weighted by atomic mass is 10.1. The molecule has 0 unspecified atom stereocenters. The van der Waals surface area contributed by atoms with Crippen molar-refractivity contribution >= 4 is 15.5 Å².